The van der Waals surface area contributed by atoms with E-state index in [0.29, 0.717) is 25.4 Å². The Morgan fingerprint density at radius 1 is 1.40 bits per heavy atom. The molecule has 0 saturated heterocycles. The fraction of sp³-hybridized carbons (Fsp3) is 0.909. The maximum absolute atomic E-state index is 11.4. The first kappa shape index (κ1) is 14.4. The van der Waals surface area contributed by atoms with Crippen LogP contribution in [-0.2, 0) is 4.79 Å². The van der Waals surface area contributed by atoms with E-state index in [9.17, 15) is 4.79 Å². The second kappa shape index (κ2) is 7.65. The van der Waals surface area contributed by atoms with E-state index in [0.717, 1.165) is 6.42 Å². The maximum Gasteiger partial charge on any atom is 0.220 e. The summed E-state index contributed by atoms with van der Waals surface area (Å²) < 4.78 is 0. The molecule has 0 aliphatic carbocycles. The molecule has 4 N–H and O–H groups in total. The van der Waals surface area contributed by atoms with Crippen molar-refractivity contribution in [2.45, 2.75) is 39.7 Å². The summed E-state index contributed by atoms with van der Waals surface area (Å²) in [6, 6.07) is 0. The average Bonchev–Trinajstić information content (AvgIpc) is 2.13. The molecule has 15 heavy (non-hydrogen) atoms. The highest BCUT2D eigenvalue weighted by atomic mass is 16.3. The molecule has 0 aromatic carbocycles. The molecule has 0 aliphatic rings. The van der Waals surface area contributed by atoms with Gasteiger partial charge in [-0.3, -0.25) is 4.79 Å². The van der Waals surface area contributed by atoms with Crippen LogP contribution in [0, 0.1) is 11.8 Å². The molecule has 1 unspecified atom stereocenters. The fourth-order valence-corrected chi connectivity index (χ4v) is 1.53. The lowest BCUT2D eigenvalue weighted by Crippen LogP contribution is -2.33. The molecule has 0 aliphatic heterocycles. The second-order valence-electron chi connectivity index (χ2n) is 4.59. The summed E-state index contributed by atoms with van der Waals surface area (Å²) in [5.74, 6) is 0.786. The highest BCUT2D eigenvalue weighted by Crippen LogP contribution is 2.13. The quantitative estimate of drug-likeness (QED) is 0.580. The Hall–Kier alpha value is -0.610. The van der Waals surface area contributed by atoms with Crippen molar-refractivity contribution in [2.24, 2.45) is 17.6 Å². The Balaban J connectivity index is 3.80. The molecule has 90 valence electrons. The van der Waals surface area contributed by atoms with Crippen molar-refractivity contribution in [2.75, 3.05) is 13.1 Å². The van der Waals surface area contributed by atoms with Gasteiger partial charge in [0.25, 0.3) is 0 Å². The van der Waals surface area contributed by atoms with Gasteiger partial charge in [0.1, 0.15) is 0 Å². The number of carbonyl (C=O) groups excluding carboxylic acids is 1. The first-order chi connectivity index (χ1) is 6.95. The smallest absolute Gasteiger partial charge is 0.220 e. The van der Waals surface area contributed by atoms with Gasteiger partial charge in [0.2, 0.25) is 5.91 Å². The number of rotatable bonds is 7. The predicted molar refractivity (Wildman–Crippen MR) is 61.3 cm³/mol. The standard InChI is InChI=1S/C11H24N2O2/c1-8(2)4-10(6-12)5-11(15)13-7-9(3)14/h8-10,14H,4-7,12H2,1-3H3,(H,13,15)/t9?,10-/m0/s1. The van der Waals surface area contributed by atoms with Crippen LogP contribution in [0.25, 0.3) is 0 Å². The third-order valence-electron chi connectivity index (χ3n) is 2.21. The Bertz CT molecular complexity index is 181. The van der Waals surface area contributed by atoms with Crippen molar-refractivity contribution >= 4 is 5.91 Å². The lowest BCUT2D eigenvalue weighted by molar-refractivity contribution is -0.122. The molecule has 1 amide bonds. The van der Waals surface area contributed by atoms with E-state index in [4.69, 9.17) is 10.8 Å². The van der Waals surface area contributed by atoms with Gasteiger partial charge >= 0.3 is 0 Å². The Morgan fingerprint density at radius 3 is 2.40 bits per heavy atom. The topological polar surface area (TPSA) is 75.4 Å². The number of carbonyl (C=O) groups is 1. The maximum atomic E-state index is 11.4. The van der Waals surface area contributed by atoms with Gasteiger partial charge in [-0.1, -0.05) is 13.8 Å². The Kier molecular flexibility index (Phi) is 7.34. The van der Waals surface area contributed by atoms with Gasteiger partial charge in [0.05, 0.1) is 6.10 Å². The van der Waals surface area contributed by atoms with E-state index < -0.39 is 6.10 Å². The lowest BCUT2D eigenvalue weighted by Gasteiger charge is -2.16. The summed E-state index contributed by atoms with van der Waals surface area (Å²) in [5, 5.41) is 11.7. The van der Waals surface area contributed by atoms with E-state index in [1.165, 1.54) is 0 Å². The second-order valence-corrected chi connectivity index (χ2v) is 4.59. The van der Waals surface area contributed by atoms with E-state index >= 15 is 0 Å². The fourth-order valence-electron chi connectivity index (χ4n) is 1.53. The van der Waals surface area contributed by atoms with Crippen molar-refractivity contribution in [1.82, 2.24) is 5.32 Å². The van der Waals surface area contributed by atoms with Crippen molar-refractivity contribution in [3.05, 3.63) is 0 Å². The normalized spacial score (nSPS) is 15.1. The number of aliphatic hydroxyl groups is 1. The summed E-state index contributed by atoms with van der Waals surface area (Å²) in [6.07, 6.45) is 0.940. The summed E-state index contributed by atoms with van der Waals surface area (Å²) in [5.41, 5.74) is 5.60. The molecule has 0 bridgehead atoms. The first-order valence-corrected chi connectivity index (χ1v) is 5.60. The minimum Gasteiger partial charge on any atom is -0.392 e. The van der Waals surface area contributed by atoms with Gasteiger partial charge in [-0.15, -0.1) is 0 Å². The summed E-state index contributed by atoms with van der Waals surface area (Å²) in [4.78, 5) is 11.4. The van der Waals surface area contributed by atoms with Gasteiger partial charge in [-0.25, -0.2) is 0 Å². The van der Waals surface area contributed by atoms with Crippen LogP contribution in [-0.4, -0.2) is 30.2 Å². The molecule has 0 aromatic rings. The van der Waals surface area contributed by atoms with Gasteiger partial charge in [-0.05, 0) is 31.7 Å². The number of nitrogens with one attached hydrogen (secondary N) is 1. The van der Waals surface area contributed by atoms with Crippen LogP contribution < -0.4 is 11.1 Å². The van der Waals surface area contributed by atoms with Crippen LogP contribution in [0.3, 0.4) is 0 Å². The van der Waals surface area contributed by atoms with Crippen LogP contribution in [0.5, 0.6) is 0 Å². The third kappa shape index (κ3) is 8.39. The number of hydrogen-bond donors (Lipinski definition) is 3. The highest BCUT2D eigenvalue weighted by Gasteiger charge is 2.13. The predicted octanol–water partition coefficient (Wildman–Crippen LogP) is 0.495. The molecular formula is C11H24N2O2. The average molecular weight is 216 g/mol. The van der Waals surface area contributed by atoms with Gasteiger partial charge in [0.15, 0.2) is 0 Å². The van der Waals surface area contributed by atoms with Crippen molar-refractivity contribution < 1.29 is 9.90 Å². The zero-order chi connectivity index (χ0) is 11.8. The number of amides is 1. The largest absolute Gasteiger partial charge is 0.392 e. The molecule has 0 heterocycles. The molecule has 2 atom stereocenters. The van der Waals surface area contributed by atoms with Crippen LogP contribution in [0.1, 0.15) is 33.6 Å². The van der Waals surface area contributed by atoms with Gasteiger partial charge in [-0.2, -0.15) is 0 Å². The SMILES string of the molecule is CC(C)C[C@H](CN)CC(=O)NCC(C)O. The first-order valence-electron chi connectivity index (χ1n) is 5.60. The molecule has 0 spiro atoms. The highest BCUT2D eigenvalue weighted by molar-refractivity contribution is 5.76. The van der Waals surface area contributed by atoms with Crippen molar-refractivity contribution in [3.8, 4) is 0 Å². The molecule has 4 heteroatoms. The molecule has 0 saturated carbocycles. The minimum atomic E-state index is -0.490. The van der Waals surface area contributed by atoms with Crippen molar-refractivity contribution in [1.29, 1.82) is 0 Å². The van der Waals surface area contributed by atoms with Crippen molar-refractivity contribution in [3.63, 3.8) is 0 Å². The van der Waals surface area contributed by atoms with Crippen LogP contribution >= 0.6 is 0 Å². The molecule has 0 fully saturated rings. The van der Waals surface area contributed by atoms with Crippen LogP contribution in [0.15, 0.2) is 0 Å². The number of nitrogens with two attached hydrogens (primary N) is 1. The van der Waals surface area contributed by atoms with Crippen LogP contribution in [0.2, 0.25) is 0 Å². The summed E-state index contributed by atoms with van der Waals surface area (Å²) >= 11 is 0. The van der Waals surface area contributed by atoms with E-state index in [1.807, 2.05) is 0 Å². The Morgan fingerprint density at radius 2 is 2.00 bits per heavy atom. The summed E-state index contributed by atoms with van der Waals surface area (Å²) in [6.45, 7) is 6.75. The molecule has 0 radical (unpaired) electrons. The van der Waals surface area contributed by atoms with Gasteiger partial charge in [0, 0.05) is 13.0 Å². The minimum absolute atomic E-state index is 0.0213. The van der Waals surface area contributed by atoms with E-state index in [1.54, 1.807) is 6.92 Å². The number of aliphatic hydroxyl groups excluding tert-OH is 1. The number of hydrogen-bond acceptors (Lipinski definition) is 3. The third-order valence-corrected chi connectivity index (χ3v) is 2.21. The zero-order valence-electron chi connectivity index (χ0n) is 9.99. The molecule has 0 aromatic heterocycles. The van der Waals surface area contributed by atoms with E-state index in [2.05, 4.69) is 19.2 Å². The monoisotopic (exact) mass is 216 g/mol. The molecule has 0 rings (SSSR count). The lowest BCUT2D eigenvalue weighted by atomic mass is 9.94. The zero-order valence-corrected chi connectivity index (χ0v) is 9.99. The van der Waals surface area contributed by atoms with Crippen LogP contribution in [0.4, 0.5) is 0 Å². The summed E-state index contributed by atoms with van der Waals surface area (Å²) in [7, 11) is 0. The Labute approximate surface area is 92.2 Å². The van der Waals surface area contributed by atoms with Gasteiger partial charge < -0.3 is 16.2 Å². The molecule has 4 nitrogen and oxygen atoms in total. The molecular weight excluding hydrogens is 192 g/mol. The van der Waals surface area contributed by atoms with E-state index in [-0.39, 0.29) is 11.8 Å².